The van der Waals surface area contributed by atoms with Gasteiger partial charge in [-0.25, -0.2) is 0 Å². The summed E-state index contributed by atoms with van der Waals surface area (Å²) in [7, 11) is 0. The van der Waals surface area contributed by atoms with E-state index >= 15 is 0 Å². The highest BCUT2D eigenvalue weighted by atomic mass is 19.4. The number of halogens is 7. The van der Waals surface area contributed by atoms with Crippen molar-refractivity contribution < 1.29 is 40.2 Å². The van der Waals surface area contributed by atoms with Gasteiger partial charge in [-0.15, -0.1) is 0 Å². The summed E-state index contributed by atoms with van der Waals surface area (Å²) in [5.41, 5.74) is 0. The normalized spacial score (nSPS) is 34.9. The Morgan fingerprint density at radius 1 is 0.714 bits per heavy atom. The van der Waals surface area contributed by atoms with Gasteiger partial charge in [-0.1, -0.05) is 0 Å². The molecule has 1 aliphatic heterocycles. The molecule has 0 saturated carbocycles. The highest BCUT2D eigenvalue weighted by molar-refractivity contribution is 4.86. The smallest absolute Gasteiger partial charge is 0.310 e. The first kappa shape index (κ1) is 11.5. The third-order valence-corrected chi connectivity index (χ3v) is 1.43. The predicted octanol–water partition coefficient (Wildman–Crippen LogP) is 2.15. The maximum absolute atomic E-state index is 12.0. The van der Waals surface area contributed by atoms with E-state index in [4.69, 9.17) is 0 Å². The Morgan fingerprint density at radius 2 is 1.00 bits per heavy atom. The molecule has 9 heteroatoms. The number of alkyl halides is 7. The summed E-state index contributed by atoms with van der Waals surface area (Å²) in [6.45, 7) is -3.01. The van der Waals surface area contributed by atoms with Crippen LogP contribution in [-0.4, -0.2) is 31.1 Å². The number of rotatable bonds is 0. The molecule has 14 heavy (non-hydrogen) atoms. The van der Waals surface area contributed by atoms with E-state index in [-0.39, 0.29) is 0 Å². The Kier molecular flexibility index (Phi) is 2.65. The van der Waals surface area contributed by atoms with E-state index in [9.17, 15) is 30.7 Å². The number of hydrogen-bond donors (Lipinski definition) is 0. The van der Waals surface area contributed by atoms with Crippen molar-refractivity contribution >= 4 is 0 Å². The van der Waals surface area contributed by atoms with E-state index in [1.165, 1.54) is 0 Å². The van der Waals surface area contributed by atoms with E-state index in [1.54, 1.807) is 0 Å². The molecule has 2 nitrogen and oxygen atoms in total. The quantitative estimate of drug-likeness (QED) is 0.591. The molecule has 1 heterocycles. The van der Waals surface area contributed by atoms with Crippen LogP contribution in [0.15, 0.2) is 0 Å². The van der Waals surface area contributed by atoms with E-state index in [0.29, 0.717) is 0 Å². The minimum atomic E-state index is -5.32. The van der Waals surface area contributed by atoms with Gasteiger partial charge in [0.15, 0.2) is 12.2 Å². The van der Waals surface area contributed by atoms with Crippen LogP contribution in [0.3, 0.4) is 0 Å². The third-order valence-electron chi connectivity index (χ3n) is 1.43. The van der Waals surface area contributed by atoms with E-state index < -0.39 is 31.1 Å². The minimum Gasteiger partial charge on any atom is -0.310 e. The summed E-state index contributed by atoms with van der Waals surface area (Å²) in [5.74, 6) is 0. The van der Waals surface area contributed by atoms with Gasteiger partial charge in [0.25, 0.3) is 0 Å². The van der Waals surface area contributed by atoms with Gasteiger partial charge in [0, 0.05) is 0 Å². The van der Waals surface area contributed by atoms with Crippen LogP contribution in [0.4, 0.5) is 30.7 Å². The summed E-state index contributed by atoms with van der Waals surface area (Å²) in [6.07, 6.45) is -17.3. The SMILES string of the molecule is FC1OC(C(F)(F)F)C(C(F)(F)F)O1. The molecular formula is C5H3F7O2. The van der Waals surface area contributed by atoms with Crippen molar-refractivity contribution in [3.05, 3.63) is 0 Å². The summed E-state index contributed by atoms with van der Waals surface area (Å²) in [5, 5.41) is 0. The highest BCUT2D eigenvalue weighted by Gasteiger charge is 2.62. The second-order valence-corrected chi connectivity index (χ2v) is 2.47. The molecule has 2 unspecified atom stereocenters. The van der Waals surface area contributed by atoms with Gasteiger partial charge in [0.05, 0.1) is 0 Å². The van der Waals surface area contributed by atoms with Gasteiger partial charge < -0.3 is 9.47 Å². The summed E-state index contributed by atoms with van der Waals surface area (Å²) < 4.78 is 89.8. The Morgan fingerprint density at radius 3 is 1.21 bits per heavy atom. The molecule has 0 bridgehead atoms. The van der Waals surface area contributed by atoms with Crippen LogP contribution < -0.4 is 0 Å². The van der Waals surface area contributed by atoms with Gasteiger partial charge in [-0.05, 0) is 0 Å². The largest absolute Gasteiger partial charge is 0.417 e. The maximum Gasteiger partial charge on any atom is 0.417 e. The predicted molar refractivity (Wildman–Crippen MR) is 26.8 cm³/mol. The van der Waals surface area contributed by atoms with E-state index in [2.05, 4.69) is 9.47 Å². The Hall–Kier alpha value is -0.570. The Balaban J connectivity index is 2.84. The summed E-state index contributed by atoms with van der Waals surface area (Å²) in [4.78, 5) is 0. The zero-order valence-corrected chi connectivity index (χ0v) is 6.19. The lowest BCUT2D eigenvalue weighted by Gasteiger charge is -2.20. The van der Waals surface area contributed by atoms with Crippen molar-refractivity contribution in [2.45, 2.75) is 31.1 Å². The Bertz CT molecular complexity index is 187. The monoisotopic (exact) mass is 228 g/mol. The van der Waals surface area contributed by atoms with Gasteiger partial charge in [0.2, 0.25) is 0 Å². The minimum absolute atomic E-state index is 3.01. The molecule has 0 amide bonds. The molecule has 1 fully saturated rings. The molecule has 2 atom stereocenters. The zero-order valence-electron chi connectivity index (χ0n) is 6.19. The van der Waals surface area contributed by atoms with Crippen molar-refractivity contribution in [2.75, 3.05) is 0 Å². The first-order valence-corrected chi connectivity index (χ1v) is 3.21. The molecule has 0 aromatic heterocycles. The lowest BCUT2D eigenvalue weighted by atomic mass is 10.2. The Labute approximate surface area is 72.6 Å². The lowest BCUT2D eigenvalue weighted by Crippen LogP contribution is -2.45. The fourth-order valence-electron chi connectivity index (χ4n) is 0.903. The van der Waals surface area contributed by atoms with Crippen LogP contribution in [0, 0.1) is 0 Å². The standard InChI is InChI=1S/C5H3F7O2/c6-3-13-1(4(7,8)9)2(14-3)5(10,11)12/h1-3H. The molecule has 1 saturated heterocycles. The van der Waals surface area contributed by atoms with Crippen molar-refractivity contribution in [3.8, 4) is 0 Å². The van der Waals surface area contributed by atoms with Crippen molar-refractivity contribution in [3.63, 3.8) is 0 Å². The maximum atomic E-state index is 12.0. The van der Waals surface area contributed by atoms with Crippen LogP contribution in [0.1, 0.15) is 0 Å². The van der Waals surface area contributed by atoms with Gasteiger partial charge in [0.1, 0.15) is 0 Å². The third kappa shape index (κ3) is 2.27. The molecular weight excluding hydrogens is 225 g/mol. The fraction of sp³-hybridized carbons (Fsp3) is 1.00. The topological polar surface area (TPSA) is 18.5 Å². The van der Waals surface area contributed by atoms with Crippen LogP contribution in [0.5, 0.6) is 0 Å². The zero-order chi connectivity index (χ0) is 11.1. The highest BCUT2D eigenvalue weighted by Crippen LogP contribution is 2.40. The second-order valence-electron chi connectivity index (χ2n) is 2.47. The van der Waals surface area contributed by atoms with Crippen molar-refractivity contribution in [2.24, 2.45) is 0 Å². The van der Waals surface area contributed by atoms with Crippen molar-refractivity contribution in [1.29, 1.82) is 0 Å². The molecule has 0 spiro atoms. The molecule has 0 radical (unpaired) electrons. The van der Waals surface area contributed by atoms with Crippen molar-refractivity contribution in [1.82, 2.24) is 0 Å². The van der Waals surface area contributed by atoms with Gasteiger partial charge in [-0.2, -0.15) is 30.7 Å². The van der Waals surface area contributed by atoms with Crippen LogP contribution in [0.25, 0.3) is 0 Å². The van der Waals surface area contributed by atoms with E-state index in [1.807, 2.05) is 0 Å². The molecule has 0 aliphatic carbocycles. The molecule has 1 rings (SSSR count). The molecule has 0 aromatic rings. The summed E-state index contributed by atoms with van der Waals surface area (Å²) in [6, 6.07) is 0. The van der Waals surface area contributed by atoms with Crippen LogP contribution in [-0.2, 0) is 9.47 Å². The number of hydrogen-bond acceptors (Lipinski definition) is 2. The second kappa shape index (κ2) is 3.23. The fourth-order valence-corrected chi connectivity index (χ4v) is 0.903. The van der Waals surface area contributed by atoms with Gasteiger partial charge in [-0.3, -0.25) is 0 Å². The van der Waals surface area contributed by atoms with Crippen LogP contribution in [0.2, 0.25) is 0 Å². The molecule has 0 N–H and O–H groups in total. The van der Waals surface area contributed by atoms with E-state index in [0.717, 1.165) is 0 Å². The molecule has 1 aliphatic rings. The average Bonchev–Trinajstić information content (AvgIpc) is 2.27. The summed E-state index contributed by atoms with van der Waals surface area (Å²) >= 11 is 0. The lowest BCUT2D eigenvalue weighted by molar-refractivity contribution is -0.260. The molecule has 0 aromatic carbocycles. The number of ether oxygens (including phenoxy) is 2. The van der Waals surface area contributed by atoms with Gasteiger partial charge >= 0.3 is 18.9 Å². The molecule has 84 valence electrons. The first-order valence-electron chi connectivity index (χ1n) is 3.21. The van der Waals surface area contributed by atoms with Crippen LogP contribution >= 0.6 is 0 Å². The average molecular weight is 228 g/mol. The first-order chi connectivity index (χ1) is 6.12.